The molecule has 1 atom stereocenters. The van der Waals surface area contributed by atoms with Gasteiger partial charge in [-0.25, -0.2) is 0 Å². The summed E-state index contributed by atoms with van der Waals surface area (Å²) < 4.78 is 11.1. The molecule has 1 fully saturated rings. The first-order valence-electron chi connectivity index (χ1n) is 11.7. The third-order valence-corrected chi connectivity index (χ3v) is 6.62. The second-order valence-electron chi connectivity index (χ2n) is 8.95. The van der Waals surface area contributed by atoms with Crippen molar-refractivity contribution in [3.8, 4) is 0 Å². The summed E-state index contributed by atoms with van der Waals surface area (Å²) in [6.45, 7) is 5.32. The van der Waals surface area contributed by atoms with Gasteiger partial charge < -0.3 is 19.2 Å². The molecule has 0 saturated carbocycles. The first-order chi connectivity index (χ1) is 17.3. The molecule has 2 aliphatic heterocycles. The molecule has 2 aliphatic rings. The van der Waals surface area contributed by atoms with Crippen LogP contribution < -0.4 is 0 Å². The van der Waals surface area contributed by atoms with E-state index >= 15 is 0 Å². The Morgan fingerprint density at radius 3 is 2.53 bits per heavy atom. The van der Waals surface area contributed by atoms with Crippen molar-refractivity contribution in [3.63, 3.8) is 0 Å². The normalized spacial score (nSPS) is 18.9. The zero-order valence-corrected chi connectivity index (χ0v) is 19.7. The number of benzene rings is 2. The van der Waals surface area contributed by atoms with Crippen LogP contribution in [-0.2, 0) is 9.53 Å². The van der Waals surface area contributed by atoms with E-state index in [1.165, 1.54) is 29.2 Å². The van der Waals surface area contributed by atoms with Crippen LogP contribution >= 0.6 is 0 Å². The molecule has 36 heavy (non-hydrogen) atoms. The molecule has 10 heteroatoms. The van der Waals surface area contributed by atoms with Crippen molar-refractivity contribution >= 4 is 28.3 Å². The van der Waals surface area contributed by atoms with Crippen molar-refractivity contribution in [2.45, 2.75) is 13.0 Å². The summed E-state index contributed by atoms with van der Waals surface area (Å²) in [6, 6.07) is 11.8. The average Bonchev–Trinajstić information content (AvgIpc) is 3.41. The number of aliphatic hydroxyl groups is 1. The highest BCUT2D eigenvalue weighted by molar-refractivity contribution is 6.16. The highest BCUT2D eigenvalue weighted by Crippen LogP contribution is 2.40. The van der Waals surface area contributed by atoms with E-state index in [-0.39, 0.29) is 23.6 Å². The number of Topliss-reactive ketones (excluding diaryl/α,β-unsaturated/α-hetero) is 1. The number of ketones is 1. The van der Waals surface area contributed by atoms with E-state index in [9.17, 15) is 24.8 Å². The van der Waals surface area contributed by atoms with Crippen LogP contribution in [0.5, 0.6) is 0 Å². The molecule has 0 spiro atoms. The monoisotopic (exact) mass is 491 g/mol. The fourth-order valence-corrected chi connectivity index (χ4v) is 4.72. The molecule has 5 rings (SSSR count). The molecule has 1 saturated heterocycles. The number of furan rings is 1. The predicted octanol–water partition coefficient (Wildman–Crippen LogP) is 3.56. The van der Waals surface area contributed by atoms with Gasteiger partial charge in [-0.1, -0.05) is 11.6 Å². The lowest BCUT2D eigenvalue weighted by Gasteiger charge is -2.31. The maximum atomic E-state index is 13.6. The van der Waals surface area contributed by atoms with Crippen molar-refractivity contribution < 1.29 is 28.8 Å². The molecule has 0 aliphatic carbocycles. The molecule has 1 N–H and O–H groups in total. The van der Waals surface area contributed by atoms with Crippen molar-refractivity contribution in [1.29, 1.82) is 0 Å². The van der Waals surface area contributed by atoms with Gasteiger partial charge in [-0.05, 0) is 42.8 Å². The van der Waals surface area contributed by atoms with Crippen LogP contribution in [0.3, 0.4) is 0 Å². The molecule has 186 valence electrons. The van der Waals surface area contributed by atoms with Gasteiger partial charge in [0.15, 0.2) is 11.5 Å². The van der Waals surface area contributed by atoms with Gasteiger partial charge in [-0.2, -0.15) is 0 Å². The maximum absolute atomic E-state index is 13.6. The Balaban J connectivity index is 1.51. The van der Waals surface area contributed by atoms with Gasteiger partial charge in [-0.15, -0.1) is 0 Å². The van der Waals surface area contributed by atoms with Gasteiger partial charge >= 0.3 is 0 Å². The van der Waals surface area contributed by atoms with Gasteiger partial charge in [0.25, 0.3) is 11.6 Å². The van der Waals surface area contributed by atoms with E-state index < -0.39 is 28.4 Å². The molecule has 3 heterocycles. The molecule has 2 aromatic carbocycles. The third kappa shape index (κ3) is 4.36. The van der Waals surface area contributed by atoms with Gasteiger partial charge in [0.2, 0.25) is 5.78 Å². The number of carbonyl (C=O) groups is 2. The molecular formula is C26H25N3O7. The number of fused-ring (bicyclic) bond motifs is 1. The van der Waals surface area contributed by atoms with Crippen LogP contribution in [-0.4, -0.2) is 70.9 Å². The Labute approximate surface area is 206 Å². The summed E-state index contributed by atoms with van der Waals surface area (Å²) in [5, 5.41) is 22.8. The van der Waals surface area contributed by atoms with Crippen molar-refractivity contribution in [3.05, 3.63) is 86.9 Å². The molecule has 1 amide bonds. The SMILES string of the molecule is Cc1ccc2oc(C(=O)C3=C(O)C(=O)N(CCN4CCOCC4)C3c3ccc([N+](=O)[O-])cc3)cc2c1. The zero-order valence-electron chi connectivity index (χ0n) is 19.7. The number of hydrogen-bond acceptors (Lipinski definition) is 8. The van der Waals surface area contributed by atoms with Crippen LogP contribution in [0.25, 0.3) is 11.0 Å². The highest BCUT2D eigenvalue weighted by Gasteiger charge is 2.44. The van der Waals surface area contributed by atoms with Gasteiger partial charge in [0.1, 0.15) is 5.58 Å². The Hall–Kier alpha value is -4.02. The van der Waals surface area contributed by atoms with Crippen molar-refractivity contribution in [2.24, 2.45) is 0 Å². The molecule has 0 radical (unpaired) electrons. The van der Waals surface area contributed by atoms with Crippen LogP contribution in [0.4, 0.5) is 5.69 Å². The number of non-ortho nitro benzene ring substituents is 1. The lowest BCUT2D eigenvalue weighted by molar-refractivity contribution is -0.384. The van der Waals surface area contributed by atoms with E-state index in [1.54, 1.807) is 12.1 Å². The minimum Gasteiger partial charge on any atom is -0.503 e. The van der Waals surface area contributed by atoms with Crippen LogP contribution in [0, 0.1) is 17.0 Å². The summed E-state index contributed by atoms with van der Waals surface area (Å²) in [7, 11) is 0. The van der Waals surface area contributed by atoms with E-state index in [2.05, 4.69) is 4.90 Å². The second-order valence-corrected chi connectivity index (χ2v) is 8.95. The molecular weight excluding hydrogens is 466 g/mol. The summed E-state index contributed by atoms with van der Waals surface area (Å²) in [6.07, 6.45) is 0. The molecule has 0 bridgehead atoms. The number of nitro groups is 1. The van der Waals surface area contributed by atoms with Crippen LogP contribution in [0.1, 0.15) is 27.7 Å². The summed E-state index contributed by atoms with van der Waals surface area (Å²) in [5.74, 6) is -1.90. The number of nitro benzene ring substituents is 1. The number of nitrogens with zero attached hydrogens (tertiary/aromatic N) is 3. The maximum Gasteiger partial charge on any atom is 0.290 e. The van der Waals surface area contributed by atoms with Crippen LogP contribution in [0.15, 0.2) is 64.3 Å². The number of carbonyl (C=O) groups excluding carboxylic acids is 2. The van der Waals surface area contributed by atoms with Crippen molar-refractivity contribution in [2.75, 3.05) is 39.4 Å². The highest BCUT2D eigenvalue weighted by atomic mass is 16.6. The topological polar surface area (TPSA) is 126 Å². The Bertz CT molecular complexity index is 1370. The average molecular weight is 492 g/mol. The van der Waals surface area contributed by atoms with Crippen molar-refractivity contribution in [1.82, 2.24) is 9.80 Å². The first kappa shape index (κ1) is 23.7. The third-order valence-electron chi connectivity index (χ3n) is 6.62. The summed E-state index contributed by atoms with van der Waals surface area (Å²) in [5.41, 5.74) is 1.78. The Kier molecular flexibility index (Phi) is 6.29. The quantitative estimate of drug-likeness (QED) is 0.302. The fraction of sp³-hybridized carbons (Fsp3) is 0.308. The first-order valence-corrected chi connectivity index (χ1v) is 11.7. The number of amides is 1. The summed E-state index contributed by atoms with van der Waals surface area (Å²) in [4.78, 5) is 41.0. The van der Waals surface area contributed by atoms with Gasteiger partial charge in [0, 0.05) is 43.7 Å². The number of aryl methyl sites for hydroxylation is 1. The van der Waals surface area contributed by atoms with E-state index in [0.29, 0.717) is 44.0 Å². The number of ether oxygens (including phenoxy) is 1. The number of rotatable bonds is 7. The second kappa shape index (κ2) is 9.56. The minimum absolute atomic E-state index is 0.00638. The fourth-order valence-electron chi connectivity index (χ4n) is 4.72. The lowest BCUT2D eigenvalue weighted by atomic mass is 9.94. The molecule has 1 unspecified atom stereocenters. The number of hydrogen-bond donors (Lipinski definition) is 1. The standard InChI is InChI=1S/C26H25N3O7/c1-16-2-7-20-18(14-16)15-21(36-20)24(30)22-23(17-3-5-19(6-4-17)29(33)34)28(26(32)25(22)31)9-8-27-10-12-35-13-11-27/h2-7,14-15,23,31H,8-13H2,1H3. The van der Waals surface area contributed by atoms with Gasteiger partial charge in [-0.3, -0.25) is 24.6 Å². The molecule has 1 aromatic heterocycles. The number of aliphatic hydroxyl groups excluding tert-OH is 1. The van der Waals surface area contributed by atoms with Gasteiger partial charge in [0.05, 0.1) is 29.8 Å². The van der Waals surface area contributed by atoms with E-state index in [0.717, 1.165) is 10.9 Å². The minimum atomic E-state index is -0.915. The van der Waals surface area contributed by atoms with Crippen LogP contribution in [0.2, 0.25) is 0 Å². The molecule has 10 nitrogen and oxygen atoms in total. The largest absolute Gasteiger partial charge is 0.503 e. The smallest absolute Gasteiger partial charge is 0.290 e. The Morgan fingerprint density at radius 2 is 1.83 bits per heavy atom. The number of morpholine rings is 1. The van der Waals surface area contributed by atoms with E-state index in [1.807, 2.05) is 19.1 Å². The predicted molar refractivity (Wildman–Crippen MR) is 130 cm³/mol. The molecule has 3 aromatic rings. The van der Waals surface area contributed by atoms with E-state index in [4.69, 9.17) is 9.15 Å². The Morgan fingerprint density at radius 1 is 1.11 bits per heavy atom. The summed E-state index contributed by atoms with van der Waals surface area (Å²) >= 11 is 0. The lowest BCUT2D eigenvalue weighted by Crippen LogP contribution is -2.43. The zero-order chi connectivity index (χ0) is 25.4.